The largest absolute Gasteiger partial charge is 0.611 e. The average molecular weight is 444 g/mol. The predicted octanol–water partition coefficient (Wildman–Crippen LogP) is 3.68. The van der Waals surface area contributed by atoms with Crippen LogP contribution in [-0.2, 0) is 17.6 Å². The predicted molar refractivity (Wildman–Crippen MR) is 119 cm³/mol. The van der Waals surface area contributed by atoms with Gasteiger partial charge in [0, 0.05) is 19.5 Å². The molecule has 9 heteroatoms. The number of hydrogen-bond acceptors (Lipinski definition) is 7. The van der Waals surface area contributed by atoms with Gasteiger partial charge >= 0.3 is 0 Å². The average Bonchev–Trinajstić information content (AvgIpc) is 3.40. The molecule has 0 amide bonds. The van der Waals surface area contributed by atoms with E-state index in [1.54, 1.807) is 6.07 Å². The van der Waals surface area contributed by atoms with Gasteiger partial charge in [-0.05, 0) is 66.9 Å². The van der Waals surface area contributed by atoms with Crippen LogP contribution >= 0.6 is 0 Å². The van der Waals surface area contributed by atoms with Gasteiger partial charge in [-0.25, -0.2) is 9.37 Å². The number of hydrogen-bond donors (Lipinski definition) is 1. The van der Waals surface area contributed by atoms with Crippen LogP contribution in [-0.4, -0.2) is 45.4 Å². The molecule has 0 bridgehead atoms. The van der Waals surface area contributed by atoms with E-state index in [0.29, 0.717) is 28.8 Å². The molecule has 0 radical (unpaired) electrons. The number of aromatic nitrogens is 2. The normalized spacial score (nSPS) is 22.3. The van der Waals surface area contributed by atoms with E-state index in [1.807, 2.05) is 19.1 Å². The van der Waals surface area contributed by atoms with E-state index in [1.165, 1.54) is 0 Å². The second-order valence-electron chi connectivity index (χ2n) is 8.93. The quantitative estimate of drug-likeness (QED) is 0.541. The Bertz CT molecular complexity index is 1010. The molecule has 1 saturated carbocycles. The number of anilines is 2. The minimum absolute atomic E-state index is 0.125. The van der Waals surface area contributed by atoms with Gasteiger partial charge in [-0.2, -0.15) is 9.89 Å². The Morgan fingerprint density at radius 3 is 2.77 bits per heavy atom. The molecule has 2 fully saturated rings. The van der Waals surface area contributed by atoms with Crippen molar-refractivity contribution in [2.45, 2.75) is 55.4 Å². The Kier molecular flexibility index (Phi) is 5.34. The number of nitrogens with zero attached hydrogens (tertiary/aromatic N) is 4. The summed E-state index contributed by atoms with van der Waals surface area (Å²) in [6.07, 6.45) is 4.03. The minimum Gasteiger partial charge on any atom is -0.611 e. The van der Waals surface area contributed by atoms with E-state index in [9.17, 15) is 13.9 Å². The Hall–Kier alpha value is -2.26. The Labute approximate surface area is 184 Å². The summed E-state index contributed by atoms with van der Waals surface area (Å²) in [5, 5.41) is 6.44. The van der Waals surface area contributed by atoms with Gasteiger partial charge in [0.05, 0.1) is 5.54 Å². The van der Waals surface area contributed by atoms with Gasteiger partial charge in [0.15, 0.2) is 5.82 Å². The molecule has 3 aliphatic rings. The lowest BCUT2D eigenvalue weighted by molar-refractivity contribution is 0.476. The monoisotopic (exact) mass is 443 g/mol. The highest BCUT2D eigenvalue weighted by Crippen LogP contribution is 2.42. The van der Waals surface area contributed by atoms with Crippen LogP contribution in [0.4, 0.5) is 16.2 Å². The zero-order chi connectivity index (χ0) is 21.6. The van der Waals surface area contributed by atoms with Crippen LogP contribution in [0, 0.1) is 17.6 Å². The van der Waals surface area contributed by atoms with Crippen molar-refractivity contribution >= 4 is 22.9 Å². The molecule has 31 heavy (non-hydrogen) atoms. The molecule has 1 aromatic heterocycles. The highest BCUT2D eigenvalue weighted by Gasteiger charge is 2.46. The number of benzene rings is 1. The fourth-order valence-electron chi connectivity index (χ4n) is 4.61. The van der Waals surface area contributed by atoms with Crippen LogP contribution in [0.3, 0.4) is 0 Å². The Morgan fingerprint density at radius 1 is 1.32 bits per heavy atom. The SMILES string of the molecule is Cc1ccc(C2CCN(c3nc4c(c(NC5(CN=O)CC5)n3)[S+]([O-])CC4)CC2)c(F)c1. The fourth-order valence-corrected chi connectivity index (χ4v) is 5.92. The van der Waals surface area contributed by atoms with Crippen molar-refractivity contribution in [2.24, 2.45) is 5.18 Å². The number of nitrogens with one attached hydrogen (secondary N) is 1. The molecular formula is C22H26FN5O2S. The first-order chi connectivity index (χ1) is 15.0. The lowest BCUT2D eigenvalue weighted by Crippen LogP contribution is -2.35. The van der Waals surface area contributed by atoms with Gasteiger partial charge in [0.2, 0.25) is 10.8 Å². The van der Waals surface area contributed by atoms with Crippen LogP contribution in [0.1, 0.15) is 48.4 Å². The third-order valence-electron chi connectivity index (χ3n) is 6.65. The zero-order valence-electron chi connectivity index (χ0n) is 17.6. The van der Waals surface area contributed by atoms with E-state index in [0.717, 1.165) is 55.6 Å². The molecule has 164 valence electrons. The third-order valence-corrected chi connectivity index (χ3v) is 8.11. The molecule has 1 saturated heterocycles. The van der Waals surface area contributed by atoms with E-state index in [2.05, 4.69) is 15.4 Å². The first kappa shape index (κ1) is 20.6. The zero-order valence-corrected chi connectivity index (χ0v) is 18.4. The van der Waals surface area contributed by atoms with E-state index < -0.39 is 11.2 Å². The maximum Gasteiger partial charge on any atom is 0.227 e. The summed E-state index contributed by atoms with van der Waals surface area (Å²) in [5.74, 6) is 1.82. The number of aryl methyl sites for hydroxylation is 2. The Balaban J connectivity index is 1.36. The van der Waals surface area contributed by atoms with Crippen molar-refractivity contribution < 1.29 is 8.94 Å². The molecule has 5 rings (SSSR count). The van der Waals surface area contributed by atoms with Crippen LogP contribution in [0.5, 0.6) is 0 Å². The number of rotatable bonds is 6. The van der Waals surface area contributed by atoms with E-state index in [4.69, 9.17) is 9.97 Å². The second kappa shape index (κ2) is 8.02. The number of fused-ring (bicyclic) bond motifs is 1. The van der Waals surface area contributed by atoms with Crippen LogP contribution < -0.4 is 10.2 Å². The van der Waals surface area contributed by atoms with Crippen LogP contribution in [0.25, 0.3) is 0 Å². The topological polar surface area (TPSA) is 93.5 Å². The van der Waals surface area contributed by atoms with Gasteiger partial charge in [0.1, 0.15) is 23.8 Å². The van der Waals surface area contributed by atoms with Gasteiger partial charge in [-0.15, -0.1) is 0 Å². The number of piperidine rings is 1. The van der Waals surface area contributed by atoms with Crippen molar-refractivity contribution in [1.29, 1.82) is 0 Å². The highest BCUT2D eigenvalue weighted by molar-refractivity contribution is 7.91. The first-order valence-corrected chi connectivity index (χ1v) is 12.2. The number of nitroso groups, excluding NO2 is 1. The summed E-state index contributed by atoms with van der Waals surface area (Å²) in [7, 11) is 0. The molecule has 1 aromatic carbocycles. The molecule has 3 heterocycles. The molecule has 1 N–H and O–H groups in total. The maximum atomic E-state index is 14.4. The molecule has 1 atom stereocenters. The third kappa shape index (κ3) is 4.01. The molecular weight excluding hydrogens is 417 g/mol. The van der Waals surface area contributed by atoms with Gasteiger partial charge in [-0.1, -0.05) is 17.3 Å². The van der Waals surface area contributed by atoms with Gasteiger partial charge in [-0.3, -0.25) is 0 Å². The molecule has 1 unspecified atom stereocenters. The number of halogens is 1. The summed E-state index contributed by atoms with van der Waals surface area (Å²) >= 11 is -1.13. The van der Waals surface area contributed by atoms with Crippen molar-refractivity contribution in [3.63, 3.8) is 0 Å². The molecule has 0 spiro atoms. The van der Waals surface area contributed by atoms with Gasteiger partial charge in [0.25, 0.3) is 0 Å². The van der Waals surface area contributed by atoms with Crippen molar-refractivity contribution in [3.05, 3.63) is 45.7 Å². The van der Waals surface area contributed by atoms with E-state index >= 15 is 0 Å². The summed E-state index contributed by atoms with van der Waals surface area (Å²) in [5.41, 5.74) is 2.19. The smallest absolute Gasteiger partial charge is 0.227 e. The van der Waals surface area contributed by atoms with Crippen molar-refractivity contribution in [1.82, 2.24) is 9.97 Å². The summed E-state index contributed by atoms with van der Waals surface area (Å²) < 4.78 is 27.0. The summed E-state index contributed by atoms with van der Waals surface area (Å²) in [4.78, 5) is 23.1. The lowest BCUT2D eigenvalue weighted by atomic mass is 9.88. The van der Waals surface area contributed by atoms with Crippen LogP contribution in [0.2, 0.25) is 0 Å². The summed E-state index contributed by atoms with van der Waals surface area (Å²) in [6.45, 7) is 3.55. The highest BCUT2D eigenvalue weighted by atomic mass is 32.2. The van der Waals surface area contributed by atoms with Crippen molar-refractivity contribution in [3.8, 4) is 0 Å². The van der Waals surface area contributed by atoms with Gasteiger partial charge < -0.3 is 14.8 Å². The fraction of sp³-hybridized carbons (Fsp3) is 0.545. The first-order valence-electron chi connectivity index (χ1n) is 10.9. The maximum absolute atomic E-state index is 14.4. The van der Waals surface area contributed by atoms with Crippen molar-refractivity contribution in [2.75, 3.05) is 35.6 Å². The molecule has 7 nitrogen and oxygen atoms in total. The standard InChI is InChI=1S/C22H26FN5O2S/c1-14-2-3-16(17(23)12-14)15-4-9-28(10-5-15)21-25-18-6-11-31(30)19(18)20(26-21)27-22(7-8-22)13-24-29/h2-3,12,15H,4-11,13H2,1H3,(H,25,26,27). The summed E-state index contributed by atoms with van der Waals surface area (Å²) in [6, 6.07) is 5.48. The molecule has 2 aromatic rings. The minimum atomic E-state index is -1.13. The van der Waals surface area contributed by atoms with Crippen LogP contribution in [0.15, 0.2) is 28.3 Å². The second-order valence-corrected chi connectivity index (χ2v) is 10.4. The molecule has 1 aliphatic carbocycles. The molecule has 2 aliphatic heterocycles. The Morgan fingerprint density at radius 2 is 2.10 bits per heavy atom. The van der Waals surface area contributed by atoms with E-state index in [-0.39, 0.29) is 23.8 Å². The lowest BCUT2D eigenvalue weighted by Gasteiger charge is -2.33.